The predicted molar refractivity (Wildman–Crippen MR) is 72.3 cm³/mol. The molecule has 2 aromatic rings. The minimum atomic E-state index is -0.504. The maximum absolute atomic E-state index is 11.1. The topological polar surface area (TPSA) is 56.0 Å². The summed E-state index contributed by atoms with van der Waals surface area (Å²) < 4.78 is 0. The minimum absolute atomic E-state index is 0.292. The highest BCUT2D eigenvalue weighted by molar-refractivity contribution is 5.91. The Hall–Kier alpha value is -2.16. The van der Waals surface area contributed by atoms with E-state index in [9.17, 15) is 4.79 Å². The van der Waals surface area contributed by atoms with Crippen molar-refractivity contribution in [2.75, 3.05) is 0 Å². The van der Waals surface area contributed by atoms with Crippen molar-refractivity contribution in [2.45, 2.75) is 19.8 Å². The van der Waals surface area contributed by atoms with Gasteiger partial charge in [0.25, 0.3) is 5.91 Å². The molecule has 0 radical (unpaired) electrons. The molecule has 0 saturated heterocycles. The van der Waals surface area contributed by atoms with Crippen LogP contribution in [0.15, 0.2) is 42.5 Å². The van der Waals surface area contributed by atoms with Crippen LogP contribution >= 0.6 is 0 Å². The van der Waals surface area contributed by atoms with Crippen LogP contribution in [0.1, 0.15) is 35.8 Å². The molecular formula is C15H16N2O. The van der Waals surface area contributed by atoms with Crippen molar-refractivity contribution in [3.05, 3.63) is 53.7 Å². The highest BCUT2D eigenvalue weighted by Crippen LogP contribution is 2.21. The molecule has 0 aliphatic rings. The molecule has 0 bridgehead atoms. The van der Waals surface area contributed by atoms with E-state index in [1.54, 1.807) is 12.1 Å². The van der Waals surface area contributed by atoms with E-state index < -0.39 is 5.91 Å². The van der Waals surface area contributed by atoms with E-state index in [-0.39, 0.29) is 0 Å². The van der Waals surface area contributed by atoms with Gasteiger partial charge in [0.05, 0.1) is 5.69 Å². The lowest BCUT2D eigenvalue weighted by Gasteiger charge is -2.07. The average Bonchev–Trinajstić information content (AvgIpc) is 2.39. The zero-order valence-corrected chi connectivity index (χ0v) is 10.6. The summed E-state index contributed by atoms with van der Waals surface area (Å²) >= 11 is 0. The van der Waals surface area contributed by atoms with Crippen LogP contribution in [-0.4, -0.2) is 10.9 Å². The number of nitrogens with zero attached hydrogens (tertiary/aromatic N) is 1. The van der Waals surface area contributed by atoms with Gasteiger partial charge in [0.2, 0.25) is 0 Å². The first-order valence-corrected chi connectivity index (χ1v) is 5.95. The summed E-state index contributed by atoms with van der Waals surface area (Å²) in [4.78, 5) is 15.3. The highest BCUT2D eigenvalue weighted by Gasteiger charge is 2.05. The number of aromatic nitrogens is 1. The standard InChI is InChI=1S/C15H16N2O/c1-10(2)11-6-8-12(9-7-11)13-4-3-5-14(17-13)15(16)18/h3-10H,1-2H3,(H2,16,18). The fourth-order valence-corrected chi connectivity index (χ4v) is 1.77. The third kappa shape index (κ3) is 2.56. The monoisotopic (exact) mass is 240 g/mol. The smallest absolute Gasteiger partial charge is 0.267 e. The van der Waals surface area contributed by atoms with Gasteiger partial charge in [-0.05, 0) is 23.6 Å². The molecule has 3 nitrogen and oxygen atoms in total. The molecule has 0 fully saturated rings. The summed E-state index contributed by atoms with van der Waals surface area (Å²) in [5, 5.41) is 0. The van der Waals surface area contributed by atoms with E-state index in [2.05, 4.69) is 31.0 Å². The van der Waals surface area contributed by atoms with E-state index in [4.69, 9.17) is 5.73 Å². The summed E-state index contributed by atoms with van der Waals surface area (Å²) in [7, 11) is 0. The van der Waals surface area contributed by atoms with Crippen molar-refractivity contribution in [3.63, 3.8) is 0 Å². The fraction of sp³-hybridized carbons (Fsp3) is 0.200. The summed E-state index contributed by atoms with van der Waals surface area (Å²) in [6.45, 7) is 4.31. The Bertz CT molecular complexity index is 559. The first-order chi connectivity index (χ1) is 8.58. The highest BCUT2D eigenvalue weighted by atomic mass is 16.1. The van der Waals surface area contributed by atoms with Crippen molar-refractivity contribution in [2.24, 2.45) is 5.73 Å². The Kier molecular flexibility index (Phi) is 3.42. The fourth-order valence-electron chi connectivity index (χ4n) is 1.77. The first kappa shape index (κ1) is 12.3. The molecule has 0 aliphatic heterocycles. The molecule has 1 amide bonds. The Morgan fingerprint density at radius 2 is 1.78 bits per heavy atom. The van der Waals surface area contributed by atoms with Crippen molar-refractivity contribution < 1.29 is 4.79 Å². The van der Waals surface area contributed by atoms with E-state index in [0.717, 1.165) is 11.3 Å². The number of amides is 1. The van der Waals surface area contributed by atoms with Crippen molar-refractivity contribution in [1.82, 2.24) is 4.98 Å². The average molecular weight is 240 g/mol. The van der Waals surface area contributed by atoms with Crippen LogP contribution in [0.5, 0.6) is 0 Å². The van der Waals surface area contributed by atoms with Gasteiger partial charge >= 0.3 is 0 Å². The molecule has 3 heteroatoms. The quantitative estimate of drug-likeness (QED) is 0.896. The number of carbonyl (C=O) groups excluding carboxylic acids is 1. The normalized spacial score (nSPS) is 10.6. The second kappa shape index (κ2) is 5.00. The number of hydrogen-bond donors (Lipinski definition) is 1. The SMILES string of the molecule is CC(C)c1ccc(-c2cccc(C(N)=O)n2)cc1. The van der Waals surface area contributed by atoms with Gasteiger partial charge in [-0.15, -0.1) is 0 Å². The summed E-state index contributed by atoms with van der Waals surface area (Å²) in [5.74, 6) is -0.000358. The molecule has 2 rings (SSSR count). The van der Waals surface area contributed by atoms with Crippen LogP contribution in [0.25, 0.3) is 11.3 Å². The molecule has 1 aromatic carbocycles. The summed E-state index contributed by atoms with van der Waals surface area (Å²) in [6.07, 6.45) is 0. The van der Waals surface area contributed by atoms with Crippen molar-refractivity contribution in [1.29, 1.82) is 0 Å². The lowest BCUT2D eigenvalue weighted by molar-refractivity contribution is 0.0995. The van der Waals surface area contributed by atoms with Crippen LogP contribution in [0.2, 0.25) is 0 Å². The van der Waals surface area contributed by atoms with E-state index in [0.29, 0.717) is 11.6 Å². The molecule has 0 aliphatic carbocycles. The van der Waals surface area contributed by atoms with Gasteiger partial charge in [-0.25, -0.2) is 4.98 Å². The number of nitrogens with two attached hydrogens (primary N) is 1. The number of pyridine rings is 1. The van der Waals surface area contributed by atoms with Crippen LogP contribution in [0.4, 0.5) is 0 Å². The Morgan fingerprint density at radius 1 is 1.11 bits per heavy atom. The molecule has 18 heavy (non-hydrogen) atoms. The third-order valence-corrected chi connectivity index (χ3v) is 2.87. The van der Waals surface area contributed by atoms with E-state index in [1.165, 1.54) is 5.56 Å². The van der Waals surface area contributed by atoms with E-state index in [1.807, 2.05) is 18.2 Å². The third-order valence-electron chi connectivity index (χ3n) is 2.87. The zero-order valence-electron chi connectivity index (χ0n) is 10.6. The number of benzene rings is 1. The first-order valence-electron chi connectivity index (χ1n) is 5.95. The Morgan fingerprint density at radius 3 is 2.33 bits per heavy atom. The number of hydrogen-bond acceptors (Lipinski definition) is 2. The maximum Gasteiger partial charge on any atom is 0.267 e. The molecule has 0 atom stereocenters. The van der Waals surface area contributed by atoms with Crippen molar-refractivity contribution >= 4 is 5.91 Å². The number of primary amides is 1. The molecule has 1 heterocycles. The molecule has 92 valence electrons. The zero-order chi connectivity index (χ0) is 13.1. The van der Waals surface area contributed by atoms with Crippen LogP contribution in [0, 0.1) is 0 Å². The van der Waals surface area contributed by atoms with Crippen LogP contribution in [0.3, 0.4) is 0 Å². The molecular weight excluding hydrogens is 224 g/mol. The van der Waals surface area contributed by atoms with E-state index >= 15 is 0 Å². The van der Waals surface area contributed by atoms with Crippen LogP contribution < -0.4 is 5.73 Å². The lowest BCUT2D eigenvalue weighted by atomic mass is 10.0. The van der Waals surface area contributed by atoms with Gasteiger partial charge < -0.3 is 5.73 Å². The minimum Gasteiger partial charge on any atom is -0.364 e. The van der Waals surface area contributed by atoms with Gasteiger partial charge in [0.1, 0.15) is 5.69 Å². The molecule has 2 N–H and O–H groups in total. The van der Waals surface area contributed by atoms with Gasteiger partial charge in [0.15, 0.2) is 0 Å². The number of carbonyl (C=O) groups is 1. The second-order valence-electron chi connectivity index (χ2n) is 4.55. The summed E-state index contributed by atoms with van der Waals surface area (Å²) in [6, 6.07) is 13.5. The Labute approximate surface area is 107 Å². The molecule has 0 saturated carbocycles. The second-order valence-corrected chi connectivity index (χ2v) is 4.55. The van der Waals surface area contributed by atoms with Gasteiger partial charge in [-0.3, -0.25) is 4.79 Å². The van der Waals surface area contributed by atoms with Crippen LogP contribution in [-0.2, 0) is 0 Å². The van der Waals surface area contributed by atoms with Gasteiger partial charge in [-0.1, -0.05) is 44.2 Å². The van der Waals surface area contributed by atoms with Gasteiger partial charge in [-0.2, -0.15) is 0 Å². The van der Waals surface area contributed by atoms with Gasteiger partial charge in [0, 0.05) is 5.56 Å². The number of rotatable bonds is 3. The predicted octanol–water partition coefficient (Wildman–Crippen LogP) is 2.97. The largest absolute Gasteiger partial charge is 0.364 e. The lowest BCUT2D eigenvalue weighted by Crippen LogP contribution is -2.12. The Balaban J connectivity index is 2.36. The maximum atomic E-state index is 11.1. The molecule has 0 spiro atoms. The molecule has 1 aromatic heterocycles. The summed E-state index contributed by atoms with van der Waals surface area (Å²) in [5.41, 5.74) is 8.55. The van der Waals surface area contributed by atoms with Crippen molar-refractivity contribution in [3.8, 4) is 11.3 Å². The molecule has 0 unspecified atom stereocenters.